The molecule has 3 nitrogen and oxygen atoms in total. The van der Waals surface area contributed by atoms with Crippen molar-refractivity contribution >= 4 is 0 Å². The van der Waals surface area contributed by atoms with E-state index in [4.69, 9.17) is 10.5 Å². The first-order valence-electron chi connectivity index (χ1n) is 6.27. The van der Waals surface area contributed by atoms with Gasteiger partial charge in [0.2, 0.25) is 0 Å². The summed E-state index contributed by atoms with van der Waals surface area (Å²) in [7, 11) is 0. The van der Waals surface area contributed by atoms with Gasteiger partial charge in [-0.3, -0.25) is 0 Å². The molecule has 0 saturated heterocycles. The number of rotatable bonds is 6. The molecule has 1 fully saturated rings. The maximum atomic E-state index is 9.31. The Morgan fingerprint density at radius 1 is 1.40 bits per heavy atom. The molecule has 1 aliphatic carbocycles. The minimum Gasteiger partial charge on any atom is -0.392 e. The van der Waals surface area contributed by atoms with Crippen LogP contribution in [0, 0.1) is 5.92 Å². The number of nitrogens with two attached hydrogens (primary N) is 1. The first-order valence-corrected chi connectivity index (χ1v) is 6.27. The Labute approximate surface area is 93.0 Å². The lowest BCUT2D eigenvalue weighted by atomic mass is 9.85. The second-order valence-electron chi connectivity index (χ2n) is 4.54. The number of hydrogen-bond acceptors (Lipinski definition) is 3. The lowest BCUT2D eigenvalue weighted by Gasteiger charge is -2.31. The van der Waals surface area contributed by atoms with Gasteiger partial charge in [-0.25, -0.2) is 0 Å². The van der Waals surface area contributed by atoms with Crippen LogP contribution in [-0.2, 0) is 4.74 Å². The van der Waals surface area contributed by atoms with Crippen molar-refractivity contribution in [1.82, 2.24) is 0 Å². The van der Waals surface area contributed by atoms with Crippen molar-refractivity contribution in [2.45, 2.75) is 57.7 Å². The highest BCUT2D eigenvalue weighted by atomic mass is 16.5. The fourth-order valence-electron chi connectivity index (χ4n) is 2.33. The summed E-state index contributed by atoms with van der Waals surface area (Å²) in [4.78, 5) is 0. The summed E-state index contributed by atoms with van der Waals surface area (Å²) in [5, 5.41) is 9.31. The van der Waals surface area contributed by atoms with E-state index in [1.54, 1.807) is 0 Å². The van der Waals surface area contributed by atoms with E-state index in [-0.39, 0.29) is 0 Å². The Morgan fingerprint density at radius 2 is 2.13 bits per heavy atom. The molecule has 1 aliphatic rings. The quantitative estimate of drug-likeness (QED) is 0.709. The number of aliphatic hydroxyl groups is 1. The van der Waals surface area contributed by atoms with E-state index < -0.39 is 6.10 Å². The van der Waals surface area contributed by atoms with Crippen molar-refractivity contribution < 1.29 is 9.84 Å². The molecule has 90 valence electrons. The van der Waals surface area contributed by atoms with E-state index in [9.17, 15) is 5.11 Å². The molecule has 0 heterocycles. The zero-order valence-corrected chi connectivity index (χ0v) is 9.82. The summed E-state index contributed by atoms with van der Waals surface area (Å²) in [5.41, 5.74) is 5.34. The Balaban J connectivity index is 2.17. The van der Waals surface area contributed by atoms with Gasteiger partial charge in [-0.15, -0.1) is 0 Å². The Bertz CT molecular complexity index is 164. The molecule has 0 spiro atoms. The molecule has 0 aromatic carbocycles. The van der Waals surface area contributed by atoms with E-state index in [0.717, 1.165) is 5.92 Å². The van der Waals surface area contributed by atoms with Gasteiger partial charge in [0.1, 0.15) is 0 Å². The van der Waals surface area contributed by atoms with Crippen molar-refractivity contribution in [3.8, 4) is 0 Å². The van der Waals surface area contributed by atoms with Gasteiger partial charge in [0, 0.05) is 13.2 Å². The Morgan fingerprint density at radius 3 is 2.80 bits per heavy atom. The van der Waals surface area contributed by atoms with Crippen LogP contribution >= 0.6 is 0 Å². The molecule has 0 aromatic heterocycles. The molecular weight excluding hydrogens is 190 g/mol. The number of aliphatic hydroxyl groups excluding tert-OH is 1. The second-order valence-corrected chi connectivity index (χ2v) is 4.54. The zero-order valence-electron chi connectivity index (χ0n) is 9.82. The molecule has 0 aliphatic heterocycles. The van der Waals surface area contributed by atoms with Crippen LogP contribution < -0.4 is 5.73 Å². The van der Waals surface area contributed by atoms with Crippen molar-refractivity contribution in [1.29, 1.82) is 0 Å². The smallest absolute Gasteiger partial charge is 0.0684 e. The standard InChI is InChI=1S/C12H25NO2/c1-2-10-5-3-4-6-12(10)15-8-7-11(14)9-13/h10-12,14H,2-9,13H2,1H3. The van der Waals surface area contributed by atoms with E-state index >= 15 is 0 Å². The third kappa shape index (κ3) is 4.49. The number of hydrogen-bond donors (Lipinski definition) is 2. The lowest BCUT2D eigenvalue weighted by molar-refractivity contribution is -0.0236. The lowest BCUT2D eigenvalue weighted by Crippen LogP contribution is -2.29. The average Bonchev–Trinajstić information content (AvgIpc) is 2.29. The van der Waals surface area contributed by atoms with Crippen LogP contribution in [0.2, 0.25) is 0 Å². The summed E-state index contributed by atoms with van der Waals surface area (Å²) in [6.45, 7) is 3.23. The highest BCUT2D eigenvalue weighted by molar-refractivity contribution is 4.75. The predicted octanol–water partition coefficient (Wildman–Crippen LogP) is 1.68. The first kappa shape index (κ1) is 12.9. The van der Waals surface area contributed by atoms with E-state index in [2.05, 4.69) is 6.92 Å². The average molecular weight is 215 g/mol. The second kappa shape index (κ2) is 7.20. The van der Waals surface area contributed by atoms with Gasteiger partial charge < -0.3 is 15.6 Å². The fraction of sp³-hybridized carbons (Fsp3) is 1.00. The van der Waals surface area contributed by atoms with Crippen LogP contribution in [-0.4, -0.2) is 30.5 Å². The van der Waals surface area contributed by atoms with Gasteiger partial charge in [-0.05, 0) is 25.2 Å². The zero-order chi connectivity index (χ0) is 11.1. The van der Waals surface area contributed by atoms with Crippen LogP contribution in [0.5, 0.6) is 0 Å². The minimum atomic E-state index is -0.395. The van der Waals surface area contributed by atoms with Crippen LogP contribution in [0.15, 0.2) is 0 Å². The summed E-state index contributed by atoms with van der Waals surface area (Å²) >= 11 is 0. The molecule has 0 bridgehead atoms. The summed E-state index contributed by atoms with van der Waals surface area (Å²) < 4.78 is 5.84. The molecule has 3 unspecified atom stereocenters. The highest BCUT2D eigenvalue weighted by Gasteiger charge is 2.24. The Kier molecular flexibility index (Phi) is 6.22. The molecule has 15 heavy (non-hydrogen) atoms. The minimum absolute atomic E-state index is 0.339. The highest BCUT2D eigenvalue weighted by Crippen LogP contribution is 2.29. The van der Waals surface area contributed by atoms with Gasteiger partial charge in [-0.1, -0.05) is 26.2 Å². The largest absolute Gasteiger partial charge is 0.392 e. The van der Waals surface area contributed by atoms with E-state index in [0.29, 0.717) is 25.7 Å². The van der Waals surface area contributed by atoms with Gasteiger partial charge in [0.05, 0.1) is 12.2 Å². The van der Waals surface area contributed by atoms with Gasteiger partial charge in [0.15, 0.2) is 0 Å². The molecule has 1 rings (SSSR count). The third-order valence-electron chi connectivity index (χ3n) is 3.42. The maximum absolute atomic E-state index is 9.31. The maximum Gasteiger partial charge on any atom is 0.0684 e. The SMILES string of the molecule is CCC1CCCCC1OCCC(O)CN. The molecule has 3 N–H and O–H groups in total. The molecule has 3 heteroatoms. The third-order valence-corrected chi connectivity index (χ3v) is 3.42. The van der Waals surface area contributed by atoms with Gasteiger partial charge in [0.25, 0.3) is 0 Å². The molecule has 3 atom stereocenters. The van der Waals surface area contributed by atoms with Crippen molar-refractivity contribution in [2.75, 3.05) is 13.2 Å². The van der Waals surface area contributed by atoms with Crippen LogP contribution in [0.1, 0.15) is 45.4 Å². The normalized spacial score (nSPS) is 29.0. The monoisotopic (exact) mass is 215 g/mol. The molecule has 0 amide bonds. The van der Waals surface area contributed by atoms with Crippen LogP contribution in [0.25, 0.3) is 0 Å². The summed E-state index contributed by atoms with van der Waals surface area (Å²) in [6.07, 6.45) is 7.05. The number of ether oxygens (including phenoxy) is 1. The van der Waals surface area contributed by atoms with E-state index in [1.165, 1.54) is 32.1 Å². The van der Waals surface area contributed by atoms with E-state index in [1.807, 2.05) is 0 Å². The van der Waals surface area contributed by atoms with Gasteiger partial charge in [-0.2, -0.15) is 0 Å². The molecular formula is C12H25NO2. The summed E-state index contributed by atoms with van der Waals surface area (Å²) in [6, 6.07) is 0. The predicted molar refractivity (Wildman–Crippen MR) is 61.7 cm³/mol. The Hall–Kier alpha value is -0.120. The van der Waals surface area contributed by atoms with Gasteiger partial charge >= 0.3 is 0 Å². The molecule has 1 saturated carbocycles. The van der Waals surface area contributed by atoms with Crippen molar-refractivity contribution in [3.63, 3.8) is 0 Å². The van der Waals surface area contributed by atoms with Crippen molar-refractivity contribution in [3.05, 3.63) is 0 Å². The fourth-order valence-corrected chi connectivity index (χ4v) is 2.33. The summed E-state index contributed by atoms with van der Waals surface area (Å²) in [5.74, 6) is 0.730. The molecule has 0 radical (unpaired) electrons. The first-order chi connectivity index (χ1) is 7.27. The topological polar surface area (TPSA) is 55.5 Å². The molecule has 0 aromatic rings. The van der Waals surface area contributed by atoms with Crippen LogP contribution in [0.3, 0.4) is 0 Å². The van der Waals surface area contributed by atoms with Crippen LogP contribution in [0.4, 0.5) is 0 Å². The van der Waals surface area contributed by atoms with Crippen molar-refractivity contribution in [2.24, 2.45) is 11.7 Å².